The molecule has 0 saturated heterocycles. The van der Waals surface area contributed by atoms with E-state index in [1.807, 2.05) is 7.11 Å². The average molecular weight is 309 g/mol. The zero-order chi connectivity index (χ0) is 16.5. The van der Waals surface area contributed by atoms with E-state index in [1.54, 1.807) is 5.57 Å². The summed E-state index contributed by atoms with van der Waals surface area (Å²) in [6.45, 7) is 11.9. The highest BCUT2D eigenvalue weighted by molar-refractivity contribution is 4.99. The summed E-state index contributed by atoms with van der Waals surface area (Å²) in [5.41, 5.74) is 1.59. The van der Waals surface area contributed by atoms with E-state index in [2.05, 4.69) is 40.7 Å². The highest BCUT2D eigenvalue weighted by Crippen LogP contribution is 2.29. The molecule has 1 nitrogen and oxygen atoms in total. The van der Waals surface area contributed by atoms with Crippen LogP contribution in [0.4, 0.5) is 0 Å². The number of methoxy groups -OCH3 is 1. The van der Waals surface area contributed by atoms with Gasteiger partial charge in [-0.25, -0.2) is 0 Å². The number of allylic oxidation sites excluding steroid dienone is 2. The third-order valence-electron chi connectivity index (χ3n) is 5.85. The van der Waals surface area contributed by atoms with Gasteiger partial charge >= 0.3 is 0 Å². The fourth-order valence-corrected chi connectivity index (χ4v) is 3.79. The lowest BCUT2D eigenvalue weighted by Gasteiger charge is -2.26. The second-order valence-corrected chi connectivity index (χ2v) is 8.19. The quantitative estimate of drug-likeness (QED) is 0.520. The summed E-state index contributed by atoms with van der Waals surface area (Å²) in [6, 6.07) is 0. The van der Waals surface area contributed by atoms with Crippen LogP contribution < -0.4 is 0 Å². The summed E-state index contributed by atoms with van der Waals surface area (Å²) in [6.07, 6.45) is 13.5. The Kier molecular flexibility index (Phi) is 9.40. The number of hydrogen-bond donors (Lipinski definition) is 0. The van der Waals surface area contributed by atoms with Gasteiger partial charge in [-0.05, 0) is 75.5 Å². The monoisotopic (exact) mass is 308 g/mol. The molecule has 0 radical (unpaired) electrons. The summed E-state index contributed by atoms with van der Waals surface area (Å²) >= 11 is 0. The Morgan fingerprint density at radius 1 is 1.05 bits per heavy atom. The summed E-state index contributed by atoms with van der Waals surface area (Å²) in [7, 11) is 1.90. The lowest BCUT2D eigenvalue weighted by atomic mass is 9.83. The van der Waals surface area contributed by atoms with Crippen molar-refractivity contribution in [3.05, 3.63) is 11.6 Å². The molecule has 0 fully saturated rings. The Bertz CT molecular complexity index is 318. The molecule has 130 valence electrons. The molecule has 0 saturated carbocycles. The Labute approximate surface area is 139 Å². The Morgan fingerprint density at radius 3 is 2.36 bits per heavy atom. The smallest absolute Gasteiger partial charge is 0.0597 e. The van der Waals surface area contributed by atoms with E-state index < -0.39 is 0 Å². The average Bonchev–Trinajstić information content (AvgIpc) is 2.46. The molecule has 0 bridgehead atoms. The Balaban J connectivity index is 2.71. The van der Waals surface area contributed by atoms with Crippen LogP contribution in [0.1, 0.15) is 86.0 Å². The van der Waals surface area contributed by atoms with Crippen LogP contribution in [0.3, 0.4) is 0 Å². The summed E-state index contributed by atoms with van der Waals surface area (Å²) in [5, 5.41) is 0. The van der Waals surface area contributed by atoms with Crippen molar-refractivity contribution >= 4 is 0 Å². The molecule has 0 aromatic carbocycles. The van der Waals surface area contributed by atoms with Crippen LogP contribution in [0, 0.1) is 23.7 Å². The first-order chi connectivity index (χ1) is 10.4. The van der Waals surface area contributed by atoms with Crippen LogP contribution in [0.25, 0.3) is 0 Å². The van der Waals surface area contributed by atoms with E-state index in [9.17, 15) is 0 Å². The first kappa shape index (κ1) is 19.7. The molecule has 1 heteroatoms. The summed E-state index contributed by atoms with van der Waals surface area (Å²) < 4.78 is 5.78. The number of ether oxygens (including phenoxy) is 1. The minimum absolute atomic E-state index is 0.454. The largest absolute Gasteiger partial charge is 0.381 e. The van der Waals surface area contributed by atoms with Crippen molar-refractivity contribution in [2.75, 3.05) is 7.11 Å². The molecule has 0 aromatic heterocycles. The van der Waals surface area contributed by atoms with Crippen molar-refractivity contribution in [3.63, 3.8) is 0 Å². The van der Waals surface area contributed by atoms with Gasteiger partial charge in [0.1, 0.15) is 0 Å². The van der Waals surface area contributed by atoms with Gasteiger partial charge in [0.15, 0.2) is 0 Å². The maximum Gasteiger partial charge on any atom is 0.0597 e. The van der Waals surface area contributed by atoms with E-state index in [0.717, 1.165) is 17.8 Å². The van der Waals surface area contributed by atoms with Crippen molar-refractivity contribution in [2.45, 2.75) is 92.1 Å². The fraction of sp³-hybridized carbons (Fsp3) is 0.905. The fourth-order valence-electron chi connectivity index (χ4n) is 3.79. The van der Waals surface area contributed by atoms with Crippen LogP contribution in [0.2, 0.25) is 0 Å². The highest BCUT2D eigenvalue weighted by Gasteiger charge is 2.19. The van der Waals surface area contributed by atoms with Gasteiger partial charge < -0.3 is 4.74 Å². The molecule has 0 N–H and O–H groups in total. The normalized spacial score (nSPS) is 35.7. The van der Waals surface area contributed by atoms with E-state index >= 15 is 0 Å². The number of rotatable bonds is 2. The third-order valence-corrected chi connectivity index (χ3v) is 5.85. The van der Waals surface area contributed by atoms with E-state index in [0.29, 0.717) is 12.0 Å². The summed E-state index contributed by atoms with van der Waals surface area (Å²) in [5.74, 6) is 3.18. The van der Waals surface area contributed by atoms with Crippen molar-refractivity contribution in [1.29, 1.82) is 0 Å². The van der Waals surface area contributed by atoms with Crippen LogP contribution in [0.15, 0.2) is 11.6 Å². The van der Waals surface area contributed by atoms with E-state index in [4.69, 9.17) is 4.74 Å². The molecule has 0 heterocycles. The zero-order valence-corrected chi connectivity index (χ0v) is 16.0. The predicted octanol–water partition coefficient (Wildman–Crippen LogP) is 6.63. The maximum atomic E-state index is 5.78. The maximum absolute atomic E-state index is 5.78. The van der Waals surface area contributed by atoms with Gasteiger partial charge in [-0.2, -0.15) is 0 Å². The highest BCUT2D eigenvalue weighted by atomic mass is 16.5. The molecular weight excluding hydrogens is 268 g/mol. The SMILES string of the molecule is COC1CCC(C)CCC(C(C)C)C/C=C(/C)CCCC1C. The molecule has 1 aliphatic rings. The Hall–Kier alpha value is -0.300. The van der Waals surface area contributed by atoms with Gasteiger partial charge in [0.2, 0.25) is 0 Å². The molecule has 0 spiro atoms. The molecule has 1 rings (SSSR count). The first-order valence-electron chi connectivity index (χ1n) is 9.62. The number of hydrogen-bond acceptors (Lipinski definition) is 1. The second-order valence-electron chi connectivity index (χ2n) is 8.19. The lowest BCUT2D eigenvalue weighted by molar-refractivity contribution is 0.0428. The molecule has 1 aliphatic carbocycles. The summed E-state index contributed by atoms with van der Waals surface area (Å²) in [4.78, 5) is 0. The van der Waals surface area contributed by atoms with Gasteiger partial charge in [-0.15, -0.1) is 0 Å². The van der Waals surface area contributed by atoms with E-state index in [-0.39, 0.29) is 0 Å². The van der Waals surface area contributed by atoms with Crippen molar-refractivity contribution in [2.24, 2.45) is 23.7 Å². The second kappa shape index (κ2) is 10.5. The molecule has 22 heavy (non-hydrogen) atoms. The molecule has 0 amide bonds. The predicted molar refractivity (Wildman–Crippen MR) is 98.1 cm³/mol. The van der Waals surface area contributed by atoms with Gasteiger partial charge in [0.05, 0.1) is 6.10 Å². The minimum Gasteiger partial charge on any atom is -0.381 e. The molecule has 0 aliphatic heterocycles. The molecule has 4 unspecified atom stereocenters. The topological polar surface area (TPSA) is 9.23 Å². The van der Waals surface area contributed by atoms with Gasteiger partial charge in [-0.3, -0.25) is 0 Å². The van der Waals surface area contributed by atoms with Gasteiger partial charge in [-0.1, -0.05) is 45.8 Å². The molecular formula is C21H40O. The van der Waals surface area contributed by atoms with E-state index in [1.165, 1.54) is 51.4 Å². The van der Waals surface area contributed by atoms with Crippen molar-refractivity contribution < 1.29 is 4.74 Å². The van der Waals surface area contributed by atoms with Gasteiger partial charge in [0.25, 0.3) is 0 Å². The standard InChI is InChI=1S/C21H40O/c1-16(2)20-13-10-17(3)8-7-9-19(5)21(22-6)15-12-18(4)11-14-20/h10,16,18-21H,7-9,11-15H2,1-6H3/b17-10-. The van der Waals surface area contributed by atoms with Crippen LogP contribution in [0.5, 0.6) is 0 Å². The van der Waals surface area contributed by atoms with Crippen LogP contribution in [-0.4, -0.2) is 13.2 Å². The van der Waals surface area contributed by atoms with Crippen molar-refractivity contribution in [3.8, 4) is 0 Å². The van der Waals surface area contributed by atoms with Crippen LogP contribution >= 0.6 is 0 Å². The molecule has 0 aromatic rings. The first-order valence-corrected chi connectivity index (χ1v) is 9.62. The van der Waals surface area contributed by atoms with Gasteiger partial charge in [0, 0.05) is 7.11 Å². The zero-order valence-electron chi connectivity index (χ0n) is 16.0. The van der Waals surface area contributed by atoms with Crippen molar-refractivity contribution in [1.82, 2.24) is 0 Å². The Morgan fingerprint density at radius 2 is 1.73 bits per heavy atom. The minimum atomic E-state index is 0.454. The molecule has 4 atom stereocenters. The van der Waals surface area contributed by atoms with Crippen LogP contribution in [-0.2, 0) is 4.74 Å². The third kappa shape index (κ3) is 7.31. The lowest BCUT2D eigenvalue weighted by Crippen LogP contribution is -2.21.